The molecule has 0 saturated carbocycles. The highest BCUT2D eigenvalue weighted by atomic mass is 35.5. The first-order chi connectivity index (χ1) is 9.87. The molecule has 2 aromatic rings. The molecule has 4 nitrogen and oxygen atoms in total. The number of pyridine rings is 1. The van der Waals surface area contributed by atoms with Gasteiger partial charge in [-0.15, -0.1) is 0 Å². The maximum atomic E-state index is 12.0. The normalized spacial score (nSPS) is 13.1. The standard InChI is InChI=1S/C16H19ClN2O2/c1-19(2,21)12-10-15(13-6-8-14(17)9-7-13)16-5-3-4-11-18(16)20/h3-9,11,15H,10,12H2,1-2H3. The van der Waals surface area contributed by atoms with E-state index in [1.807, 2.05) is 18.2 Å². The van der Waals surface area contributed by atoms with Gasteiger partial charge in [0.25, 0.3) is 0 Å². The van der Waals surface area contributed by atoms with Gasteiger partial charge in [0.05, 0.1) is 26.6 Å². The fraction of sp³-hybridized carbons (Fsp3) is 0.312. The van der Waals surface area contributed by atoms with Gasteiger partial charge in [-0.3, -0.25) is 0 Å². The van der Waals surface area contributed by atoms with Gasteiger partial charge in [0.2, 0.25) is 0 Å². The zero-order chi connectivity index (χ0) is 15.5. The molecule has 0 fully saturated rings. The number of benzene rings is 1. The van der Waals surface area contributed by atoms with Crippen LogP contribution in [0.3, 0.4) is 0 Å². The number of quaternary nitrogens is 1. The van der Waals surface area contributed by atoms with Crippen molar-refractivity contribution in [2.24, 2.45) is 0 Å². The SMILES string of the molecule is C[N+](C)([O-])CCC(c1ccc(Cl)cc1)c1cccc[n+]1[O-]. The molecule has 1 aromatic heterocycles. The van der Waals surface area contributed by atoms with E-state index in [0.717, 1.165) is 10.3 Å². The molecule has 0 aliphatic heterocycles. The first kappa shape index (κ1) is 15.8. The summed E-state index contributed by atoms with van der Waals surface area (Å²) in [7, 11) is 3.21. The summed E-state index contributed by atoms with van der Waals surface area (Å²) in [5.41, 5.74) is 1.64. The summed E-state index contributed by atoms with van der Waals surface area (Å²) in [5, 5.41) is 24.5. The molecule has 1 atom stereocenters. The van der Waals surface area contributed by atoms with Gasteiger partial charge in [0, 0.05) is 23.6 Å². The van der Waals surface area contributed by atoms with Crippen molar-refractivity contribution in [3.8, 4) is 0 Å². The molecule has 2 rings (SSSR count). The average molecular weight is 307 g/mol. The Balaban J connectivity index is 2.35. The number of hydrogen-bond acceptors (Lipinski definition) is 2. The summed E-state index contributed by atoms with van der Waals surface area (Å²) < 4.78 is 0.486. The Labute approximate surface area is 130 Å². The van der Waals surface area contributed by atoms with Crippen LogP contribution in [0.5, 0.6) is 0 Å². The number of hydroxylamine groups is 3. The van der Waals surface area contributed by atoms with Gasteiger partial charge in [-0.25, -0.2) is 0 Å². The van der Waals surface area contributed by atoms with Gasteiger partial charge in [-0.2, -0.15) is 4.73 Å². The molecular formula is C16H19ClN2O2. The van der Waals surface area contributed by atoms with Crippen LogP contribution in [0.2, 0.25) is 5.02 Å². The Morgan fingerprint density at radius 1 is 1.14 bits per heavy atom. The van der Waals surface area contributed by atoms with Crippen LogP contribution in [0.15, 0.2) is 48.7 Å². The summed E-state index contributed by atoms with van der Waals surface area (Å²) in [5.74, 6) is -0.118. The van der Waals surface area contributed by atoms with Gasteiger partial charge in [-0.1, -0.05) is 23.7 Å². The van der Waals surface area contributed by atoms with Crippen LogP contribution in [0.25, 0.3) is 0 Å². The zero-order valence-corrected chi connectivity index (χ0v) is 13.0. The van der Waals surface area contributed by atoms with Crippen molar-refractivity contribution in [2.45, 2.75) is 12.3 Å². The summed E-state index contributed by atoms with van der Waals surface area (Å²) in [6.07, 6.45) is 2.08. The maximum absolute atomic E-state index is 12.0. The topological polar surface area (TPSA) is 50.0 Å². The van der Waals surface area contributed by atoms with Crippen LogP contribution in [-0.2, 0) is 0 Å². The van der Waals surface area contributed by atoms with E-state index in [9.17, 15) is 10.4 Å². The highest BCUT2D eigenvalue weighted by Crippen LogP contribution is 2.27. The van der Waals surface area contributed by atoms with Gasteiger partial charge in [0.1, 0.15) is 0 Å². The van der Waals surface area contributed by atoms with E-state index in [1.165, 1.54) is 6.20 Å². The molecule has 0 spiro atoms. The predicted molar refractivity (Wildman–Crippen MR) is 83.7 cm³/mol. The molecule has 5 heteroatoms. The van der Waals surface area contributed by atoms with Gasteiger partial charge in [0.15, 0.2) is 11.9 Å². The highest BCUT2D eigenvalue weighted by molar-refractivity contribution is 6.30. The predicted octanol–water partition coefficient (Wildman–Crippen LogP) is 3.07. The van der Waals surface area contributed by atoms with E-state index < -0.39 is 0 Å². The maximum Gasteiger partial charge on any atom is 0.200 e. The lowest BCUT2D eigenvalue weighted by atomic mass is 9.91. The second kappa shape index (κ2) is 6.43. The lowest BCUT2D eigenvalue weighted by molar-refractivity contribution is -0.840. The second-order valence-corrected chi connectivity index (χ2v) is 6.08. The van der Waals surface area contributed by atoms with Crippen LogP contribution >= 0.6 is 11.6 Å². The second-order valence-electron chi connectivity index (χ2n) is 5.64. The van der Waals surface area contributed by atoms with Gasteiger partial charge >= 0.3 is 0 Å². The van der Waals surface area contributed by atoms with Gasteiger partial charge < -0.3 is 15.1 Å². The molecule has 0 amide bonds. The Morgan fingerprint density at radius 3 is 2.38 bits per heavy atom. The van der Waals surface area contributed by atoms with Crippen molar-refractivity contribution in [1.82, 2.24) is 0 Å². The first-order valence-corrected chi connectivity index (χ1v) is 7.22. The monoisotopic (exact) mass is 306 g/mol. The Hall–Kier alpha value is -1.62. The Bertz CT molecular complexity index is 594. The summed E-state index contributed by atoms with van der Waals surface area (Å²) in [6.45, 7) is 0.433. The molecule has 21 heavy (non-hydrogen) atoms. The summed E-state index contributed by atoms with van der Waals surface area (Å²) in [6, 6.07) is 12.8. The largest absolute Gasteiger partial charge is 0.633 e. The van der Waals surface area contributed by atoms with Crippen molar-refractivity contribution in [3.05, 3.63) is 75.4 Å². The number of aromatic nitrogens is 1. The molecule has 0 radical (unpaired) electrons. The minimum atomic E-state index is -0.379. The fourth-order valence-electron chi connectivity index (χ4n) is 2.33. The third-order valence-corrected chi connectivity index (χ3v) is 3.69. The first-order valence-electron chi connectivity index (χ1n) is 6.84. The Morgan fingerprint density at radius 2 is 1.81 bits per heavy atom. The molecule has 0 aliphatic carbocycles. The van der Waals surface area contributed by atoms with Crippen molar-refractivity contribution < 1.29 is 9.38 Å². The molecule has 1 unspecified atom stereocenters. The van der Waals surface area contributed by atoms with Crippen molar-refractivity contribution in [1.29, 1.82) is 0 Å². The quantitative estimate of drug-likeness (QED) is 0.369. The summed E-state index contributed by atoms with van der Waals surface area (Å²) in [4.78, 5) is 0. The van der Waals surface area contributed by atoms with Crippen LogP contribution in [0.4, 0.5) is 0 Å². The smallest absolute Gasteiger partial charge is 0.200 e. The zero-order valence-electron chi connectivity index (χ0n) is 12.2. The van der Waals surface area contributed by atoms with Crippen molar-refractivity contribution >= 4 is 11.6 Å². The molecule has 1 aromatic carbocycles. The third-order valence-electron chi connectivity index (χ3n) is 3.44. The number of halogens is 1. The van der Waals surface area contributed by atoms with E-state index in [-0.39, 0.29) is 10.6 Å². The minimum Gasteiger partial charge on any atom is -0.633 e. The van der Waals surface area contributed by atoms with Gasteiger partial charge in [-0.05, 0) is 23.8 Å². The van der Waals surface area contributed by atoms with Crippen LogP contribution < -0.4 is 4.73 Å². The van der Waals surface area contributed by atoms with E-state index in [1.54, 1.807) is 38.4 Å². The lowest BCUT2D eigenvalue weighted by Gasteiger charge is -2.34. The lowest BCUT2D eigenvalue weighted by Crippen LogP contribution is -2.37. The molecular weight excluding hydrogens is 288 g/mol. The number of rotatable bonds is 5. The molecule has 0 bridgehead atoms. The van der Waals surface area contributed by atoms with Crippen molar-refractivity contribution in [2.75, 3.05) is 20.6 Å². The van der Waals surface area contributed by atoms with Crippen LogP contribution in [0.1, 0.15) is 23.6 Å². The van der Waals surface area contributed by atoms with Crippen LogP contribution in [0, 0.1) is 10.4 Å². The molecule has 1 heterocycles. The van der Waals surface area contributed by atoms with E-state index in [2.05, 4.69) is 0 Å². The van der Waals surface area contributed by atoms with Crippen molar-refractivity contribution in [3.63, 3.8) is 0 Å². The minimum absolute atomic E-state index is 0.118. The third kappa shape index (κ3) is 4.43. The number of hydrogen-bond donors (Lipinski definition) is 0. The number of nitrogens with zero attached hydrogens (tertiary/aromatic N) is 2. The fourth-order valence-corrected chi connectivity index (χ4v) is 2.46. The van der Waals surface area contributed by atoms with E-state index >= 15 is 0 Å². The molecule has 112 valence electrons. The van der Waals surface area contributed by atoms with Crippen LogP contribution in [-0.4, -0.2) is 25.3 Å². The Kier molecular flexibility index (Phi) is 4.83. The molecule has 0 aliphatic rings. The van der Waals surface area contributed by atoms with E-state index in [4.69, 9.17) is 11.6 Å². The highest BCUT2D eigenvalue weighted by Gasteiger charge is 2.23. The average Bonchev–Trinajstić information content (AvgIpc) is 2.41. The van der Waals surface area contributed by atoms with E-state index in [0.29, 0.717) is 23.7 Å². The summed E-state index contributed by atoms with van der Waals surface area (Å²) >= 11 is 5.92. The molecule has 0 N–H and O–H groups in total. The molecule has 0 saturated heterocycles.